The molecule has 1 atom stereocenters. The summed E-state index contributed by atoms with van der Waals surface area (Å²) in [5, 5.41) is 18.1. The van der Waals surface area contributed by atoms with Crippen LogP contribution < -0.4 is 4.74 Å². The van der Waals surface area contributed by atoms with Crippen LogP contribution in [0.25, 0.3) is 0 Å². The van der Waals surface area contributed by atoms with E-state index in [9.17, 15) is 27.9 Å². The first-order chi connectivity index (χ1) is 9.65. The number of Topliss-reactive ketones (excluding diaryl/α,β-unsaturated/α-hetero) is 1. The highest BCUT2D eigenvalue weighted by molar-refractivity contribution is 6.19. The molecule has 5 nitrogen and oxygen atoms in total. The zero-order chi connectivity index (χ0) is 16.2. The van der Waals surface area contributed by atoms with Crippen molar-refractivity contribution in [2.75, 3.05) is 5.88 Å². The molecule has 0 radical (unpaired) electrons. The summed E-state index contributed by atoms with van der Waals surface area (Å²) in [5.41, 5.74) is -0.735. The molecule has 1 aromatic carbocycles. The number of halogens is 4. The number of hydrogen-bond donors (Lipinski definition) is 2. The van der Waals surface area contributed by atoms with Gasteiger partial charge in [0.25, 0.3) is 0 Å². The monoisotopic (exact) mass is 326 g/mol. The van der Waals surface area contributed by atoms with Gasteiger partial charge >= 0.3 is 12.3 Å². The second-order valence-corrected chi connectivity index (χ2v) is 4.28. The van der Waals surface area contributed by atoms with Gasteiger partial charge in [0.2, 0.25) is 0 Å². The van der Waals surface area contributed by atoms with Crippen molar-refractivity contribution in [2.45, 2.75) is 18.9 Å². The molecule has 2 N–H and O–H groups in total. The number of aliphatic hydroxyl groups is 1. The van der Waals surface area contributed by atoms with Gasteiger partial charge in [-0.15, -0.1) is 24.8 Å². The van der Waals surface area contributed by atoms with Crippen molar-refractivity contribution in [2.24, 2.45) is 0 Å². The van der Waals surface area contributed by atoms with Crippen molar-refractivity contribution < 1.29 is 37.7 Å². The maximum absolute atomic E-state index is 12.2. The van der Waals surface area contributed by atoms with Crippen molar-refractivity contribution in [3.63, 3.8) is 0 Å². The van der Waals surface area contributed by atoms with Gasteiger partial charge in [0, 0.05) is 23.4 Å². The number of rotatable bonds is 6. The smallest absolute Gasteiger partial charge is 0.479 e. The van der Waals surface area contributed by atoms with Gasteiger partial charge in [-0.25, -0.2) is 4.79 Å². The number of aliphatic carboxylic acids is 1. The van der Waals surface area contributed by atoms with Crippen LogP contribution in [-0.4, -0.2) is 34.2 Å². The van der Waals surface area contributed by atoms with Crippen LogP contribution in [0.3, 0.4) is 0 Å². The highest BCUT2D eigenvalue weighted by Gasteiger charge is 2.34. The zero-order valence-electron chi connectivity index (χ0n) is 10.4. The van der Waals surface area contributed by atoms with Crippen LogP contribution in [0.15, 0.2) is 18.2 Å². The van der Waals surface area contributed by atoms with Gasteiger partial charge < -0.3 is 14.9 Å². The molecule has 0 aliphatic carbocycles. The van der Waals surface area contributed by atoms with Crippen LogP contribution in [0, 0.1) is 0 Å². The van der Waals surface area contributed by atoms with Crippen molar-refractivity contribution in [1.82, 2.24) is 0 Å². The summed E-state index contributed by atoms with van der Waals surface area (Å²) in [5.74, 6) is -3.16. The SMILES string of the molecule is O=C(CCCl)c1ccc(OC(F)(F)F)c(C(O)C(=O)O)c1. The molecule has 21 heavy (non-hydrogen) atoms. The predicted molar refractivity (Wildman–Crippen MR) is 65.4 cm³/mol. The number of aliphatic hydroxyl groups excluding tert-OH is 1. The molecule has 1 aromatic rings. The van der Waals surface area contributed by atoms with Gasteiger partial charge in [-0.3, -0.25) is 4.79 Å². The third kappa shape index (κ3) is 4.91. The first-order valence-corrected chi connectivity index (χ1v) is 6.09. The Bertz CT molecular complexity index is 544. The predicted octanol–water partition coefficient (Wildman–Crippen LogP) is 2.51. The van der Waals surface area contributed by atoms with Gasteiger partial charge in [0.1, 0.15) is 5.75 Å². The van der Waals surface area contributed by atoms with Crippen LogP contribution >= 0.6 is 11.6 Å². The van der Waals surface area contributed by atoms with Crippen molar-refractivity contribution >= 4 is 23.4 Å². The normalized spacial score (nSPS) is 12.8. The summed E-state index contributed by atoms with van der Waals surface area (Å²) in [6.45, 7) is 0. The Hall–Kier alpha value is -1.80. The molecule has 0 saturated carbocycles. The third-order valence-electron chi connectivity index (χ3n) is 2.41. The standard InChI is InChI=1S/C12H10ClF3O5/c13-4-3-8(17)6-1-2-9(21-12(14,15)16)7(5-6)10(18)11(19)20/h1-2,5,10,18H,3-4H2,(H,19,20). The van der Waals surface area contributed by atoms with Crippen LogP contribution in [0.5, 0.6) is 5.75 Å². The maximum atomic E-state index is 12.2. The number of carbonyl (C=O) groups is 2. The van der Waals surface area contributed by atoms with Crippen LogP contribution in [0.4, 0.5) is 13.2 Å². The Morgan fingerprint density at radius 3 is 2.43 bits per heavy atom. The van der Waals surface area contributed by atoms with E-state index in [0.29, 0.717) is 0 Å². The first-order valence-electron chi connectivity index (χ1n) is 5.55. The van der Waals surface area contributed by atoms with E-state index < -0.39 is 35.5 Å². The number of ether oxygens (including phenoxy) is 1. The summed E-state index contributed by atoms with van der Waals surface area (Å²) in [6.07, 6.45) is -7.40. The van der Waals surface area contributed by atoms with Gasteiger partial charge in [0.15, 0.2) is 11.9 Å². The Labute approximate surface area is 121 Å². The van der Waals surface area contributed by atoms with E-state index in [-0.39, 0.29) is 17.9 Å². The molecule has 0 aliphatic heterocycles. The molecule has 0 heterocycles. The molecule has 0 bridgehead atoms. The maximum Gasteiger partial charge on any atom is 0.573 e. The lowest BCUT2D eigenvalue weighted by Gasteiger charge is -2.16. The number of alkyl halides is 4. The van der Waals surface area contributed by atoms with Crippen LogP contribution in [-0.2, 0) is 4.79 Å². The first kappa shape index (κ1) is 17.3. The van der Waals surface area contributed by atoms with E-state index in [4.69, 9.17) is 16.7 Å². The van der Waals surface area contributed by atoms with E-state index in [1.807, 2.05) is 0 Å². The third-order valence-corrected chi connectivity index (χ3v) is 2.60. The molecule has 0 saturated heterocycles. The molecular weight excluding hydrogens is 317 g/mol. The van der Waals surface area contributed by atoms with E-state index in [1.54, 1.807) is 0 Å². The molecule has 1 unspecified atom stereocenters. The molecule has 0 spiro atoms. The van der Waals surface area contributed by atoms with Gasteiger partial charge in [-0.2, -0.15) is 0 Å². The number of ketones is 1. The van der Waals surface area contributed by atoms with E-state index in [2.05, 4.69) is 4.74 Å². The van der Waals surface area contributed by atoms with Crippen molar-refractivity contribution in [3.8, 4) is 5.75 Å². The lowest BCUT2D eigenvalue weighted by Crippen LogP contribution is -2.20. The fourth-order valence-electron chi connectivity index (χ4n) is 1.52. The average molecular weight is 327 g/mol. The largest absolute Gasteiger partial charge is 0.573 e. The second-order valence-electron chi connectivity index (χ2n) is 3.90. The molecule has 0 fully saturated rings. The number of hydrogen-bond acceptors (Lipinski definition) is 4. The summed E-state index contributed by atoms with van der Waals surface area (Å²) in [7, 11) is 0. The highest BCUT2D eigenvalue weighted by atomic mass is 35.5. The van der Waals surface area contributed by atoms with Gasteiger partial charge in [-0.1, -0.05) is 0 Å². The van der Waals surface area contributed by atoms with E-state index >= 15 is 0 Å². The number of benzene rings is 1. The molecular formula is C12H10ClF3O5. The topological polar surface area (TPSA) is 83.8 Å². The Balaban J connectivity index is 3.26. The molecule has 116 valence electrons. The second kappa shape index (κ2) is 6.77. The van der Waals surface area contributed by atoms with Crippen LogP contribution in [0.1, 0.15) is 28.4 Å². The zero-order valence-corrected chi connectivity index (χ0v) is 11.1. The number of carboxylic acids is 1. The number of carboxylic acid groups (broad SMARTS) is 1. The molecule has 0 aliphatic rings. The van der Waals surface area contributed by atoms with Gasteiger partial charge in [-0.05, 0) is 18.2 Å². The number of carbonyl (C=O) groups excluding carboxylic acids is 1. The summed E-state index contributed by atoms with van der Waals surface area (Å²) in [4.78, 5) is 22.3. The van der Waals surface area contributed by atoms with Crippen molar-refractivity contribution in [1.29, 1.82) is 0 Å². The van der Waals surface area contributed by atoms with Gasteiger partial charge in [0.05, 0.1) is 0 Å². The van der Waals surface area contributed by atoms with E-state index in [0.717, 1.165) is 18.2 Å². The fraction of sp³-hybridized carbons (Fsp3) is 0.333. The van der Waals surface area contributed by atoms with Crippen molar-refractivity contribution in [3.05, 3.63) is 29.3 Å². The highest BCUT2D eigenvalue weighted by Crippen LogP contribution is 2.31. The lowest BCUT2D eigenvalue weighted by molar-refractivity contribution is -0.275. The molecule has 0 amide bonds. The Kier molecular flexibility index (Phi) is 5.56. The van der Waals surface area contributed by atoms with E-state index in [1.165, 1.54) is 0 Å². The lowest BCUT2D eigenvalue weighted by atomic mass is 10.0. The quantitative estimate of drug-likeness (QED) is 0.620. The Morgan fingerprint density at radius 1 is 1.33 bits per heavy atom. The Morgan fingerprint density at radius 2 is 1.95 bits per heavy atom. The summed E-state index contributed by atoms with van der Waals surface area (Å²) < 4.78 is 40.3. The van der Waals surface area contributed by atoms with Crippen LogP contribution in [0.2, 0.25) is 0 Å². The average Bonchev–Trinajstić information content (AvgIpc) is 2.36. The summed E-state index contributed by atoms with van der Waals surface area (Å²) >= 11 is 5.38. The minimum absolute atomic E-state index is 0.00352. The minimum Gasteiger partial charge on any atom is -0.479 e. The summed E-state index contributed by atoms with van der Waals surface area (Å²) in [6, 6.07) is 2.65. The fourth-order valence-corrected chi connectivity index (χ4v) is 1.69. The minimum atomic E-state index is -5.06. The molecule has 9 heteroatoms. The molecule has 1 rings (SSSR count). The molecule has 0 aromatic heterocycles.